The van der Waals surface area contributed by atoms with E-state index in [0.717, 1.165) is 11.1 Å². The predicted molar refractivity (Wildman–Crippen MR) is 175 cm³/mol. The van der Waals surface area contributed by atoms with Gasteiger partial charge in [0.1, 0.15) is 0 Å². The Labute approximate surface area is 293 Å². The molecular formula is C38H42Cl2HfSi2. The molecular weight excluding hydrogens is 762 g/mol. The summed E-state index contributed by atoms with van der Waals surface area (Å²) in [7, 11) is -2.29. The van der Waals surface area contributed by atoms with Gasteiger partial charge in [-0.2, -0.15) is 48.5 Å². The number of rotatable bonds is 6. The van der Waals surface area contributed by atoms with Gasteiger partial charge in [0.2, 0.25) is 0 Å². The van der Waals surface area contributed by atoms with Gasteiger partial charge in [-0.25, -0.2) is 0 Å². The van der Waals surface area contributed by atoms with Crippen LogP contribution in [0.15, 0.2) is 84.9 Å². The Bertz CT molecular complexity index is 1320. The molecule has 0 radical (unpaired) electrons. The summed E-state index contributed by atoms with van der Waals surface area (Å²) >= 11 is 0. The summed E-state index contributed by atoms with van der Waals surface area (Å²) < 4.78 is 0. The first-order valence-corrected chi connectivity index (χ1v) is 21.3. The van der Waals surface area contributed by atoms with E-state index in [1.54, 1.807) is 11.1 Å². The van der Waals surface area contributed by atoms with Crippen molar-refractivity contribution in [2.75, 3.05) is 0 Å². The molecule has 2 heterocycles. The second-order valence-corrected chi connectivity index (χ2v) is 22.6. The van der Waals surface area contributed by atoms with Crippen molar-refractivity contribution >= 4 is 16.1 Å². The minimum absolute atomic E-state index is 0. The summed E-state index contributed by atoms with van der Waals surface area (Å²) in [5.41, 5.74) is 13.6. The standard InChI is InChI=1S/2C19H21Si.2ClH.Hf/c2*1-2-12-20(13-7-14-20)19-17-10-5-3-8-15(17)16-9-4-6-11-18(16)19;;;/h2*3-6,8-10,19H,2,7,12-14H2,1H3;2*1H;/q2*-1;;;+4/p-2. The molecule has 2 aliphatic carbocycles. The van der Waals surface area contributed by atoms with Crippen LogP contribution in [0.1, 0.15) is 72.9 Å². The molecule has 5 heteroatoms. The largest absolute Gasteiger partial charge is 4.00 e. The van der Waals surface area contributed by atoms with E-state index in [0.29, 0.717) is 0 Å². The third-order valence-electron chi connectivity index (χ3n) is 10.9. The fourth-order valence-corrected chi connectivity index (χ4v) is 19.8. The monoisotopic (exact) mass is 804 g/mol. The normalized spacial score (nSPS) is 20.4. The van der Waals surface area contributed by atoms with Crippen LogP contribution >= 0.6 is 0 Å². The van der Waals surface area contributed by atoms with Gasteiger partial charge < -0.3 is 24.8 Å². The Morgan fingerprint density at radius 1 is 0.558 bits per heavy atom. The van der Waals surface area contributed by atoms with E-state index in [1.165, 1.54) is 95.3 Å². The van der Waals surface area contributed by atoms with Crippen molar-refractivity contribution < 1.29 is 50.7 Å². The van der Waals surface area contributed by atoms with Crippen LogP contribution in [0, 0.1) is 12.1 Å². The second-order valence-electron chi connectivity index (χ2n) is 13.0. The maximum absolute atomic E-state index is 3.61. The van der Waals surface area contributed by atoms with Gasteiger partial charge in [0.15, 0.2) is 0 Å². The minimum Gasteiger partial charge on any atom is -1.00 e. The molecule has 220 valence electrons. The van der Waals surface area contributed by atoms with Crippen LogP contribution in [0.2, 0.25) is 36.3 Å². The van der Waals surface area contributed by atoms with E-state index in [4.69, 9.17) is 0 Å². The Morgan fingerprint density at radius 3 is 1.28 bits per heavy atom. The van der Waals surface area contributed by atoms with E-state index in [1.807, 2.05) is 0 Å². The first-order valence-electron chi connectivity index (χ1n) is 15.9. The van der Waals surface area contributed by atoms with Crippen molar-refractivity contribution in [1.29, 1.82) is 0 Å². The molecule has 0 nitrogen and oxygen atoms in total. The number of hydrogen-bond acceptors (Lipinski definition) is 0. The van der Waals surface area contributed by atoms with Gasteiger partial charge in [0, 0.05) is 0 Å². The van der Waals surface area contributed by atoms with Crippen LogP contribution in [0.3, 0.4) is 0 Å². The molecule has 0 amide bonds. The molecule has 0 spiro atoms. The fraction of sp³-hybridized carbons (Fsp3) is 0.368. The first-order chi connectivity index (χ1) is 19.7. The van der Waals surface area contributed by atoms with Gasteiger partial charge in [-0.05, 0) is 22.2 Å². The molecule has 0 bridgehead atoms. The molecule has 4 aromatic rings. The van der Waals surface area contributed by atoms with Crippen molar-refractivity contribution in [2.45, 2.75) is 86.9 Å². The molecule has 43 heavy (non-hydrogen) atoms. The number of hydrogen-bond donors (Lipinski definition) is 0. The van der Waals surface area contributed by atoms with E-state index in [2.05, 4.69) is 111 Å². The van der Waals surface area contributed by atoms with Gasteiger partial charge in [0.05, 0.1) is 16.1 Å². The molecule has 8 rings (SSSR count). The van der Waals surface area contributed by atoms with Crippen molar-refractivity contribution in [3.05, 3.63) is 119 Å². The van der Waals surface area contributed by atoms with Crippen molar-refractivity contribution in [2.24, 2.45) is 0 Å². The Balaban J connectivity index is 0.000000184. The van der Waals surface area contributed by atoms with Crippen LogP contribution in [0.25, 0.3) is 22.3 Å². The van der Waals surface area contributed by atoms with Crippen LogP contribution < -0.4 is 24.8 Å². The van der Waals surface area contributed by atoms with Crippen LogP contribution in [-0.2, 0) is 25.8 Å². The summed E-state index contributed by atoms with van der Waals surface area (Å²) in [6.45, 7) is 4.73. The average molecular weight is 804 g/mol. The van der Waals surface area contributed by atoms with Gasteiger partial charge in [0.25, 0.3) is 0 Å². The molecule has 2 unspecified atom stereocenters. The van der Waals surface area contributed by atoms with E-state index in [-0.39, 0.29) is 50.7 Å². The topological polar surface area (TPSA) is 0 Å². The van der Waals surface area contributed by atoms with Crippen LogP contribution in [0.4, 0.5) is 0 Å². The maximum Gasteiger partial charge on any atom is 4.00 e. The number of fused-ring (bicyclic) bond motifs is 6. The predicted octanol–water partition coefficient (Wildman–Crippen LogP) is 4.81. The van der Waals surface area contributed by atoms with Gasteiger partial charge in [-0.15, -0.1) is 22.3 Å². The van der Waals surface area contributed by atoms with Crippen molar-refractivity contribution in [3.8, 4) is 22.3 Å². The summed E-state index contributed by atoms with van der Waals surface area (Å²) in [6, 6.07) is 47.7. The minimum atomic E-state index is -1.14. The molecule has 2 aliphatic heterocycles. The van der Waals surface area contributed by atoms with Crippen molar-refractivity contribution in [3.63, 3.8) is 0 Å². The quantitative estimate of drug-likeness (QED) is 0.194. The van der Waals surface area contributed by atoms with E-state index in [9.17, 15) is 0 Å². The Kier molecular flexibility index (Phi) is 11.6. The van der Waals surface area contributed by atoms with Gasteiger partial charge >= 0.3 is 25.8 Å². The number of benzene rings is 4. The first kappa shape index (κ1) is 34.6. The zero-order chi connectivity index (χ0) is 27.2. The molecule has 2 saturated heterocycles. The van der Waals surface area contributed by atoms with Crippen LogP contribution in [0.5, 0.6) is 0 Å². The number of halogens is 2. The second kappa shape index (κ2) is 14.5. The maximum atomic E-state index is 3.61. The summed E-state index contributed by atoms with van der Waals surface area (Å²) in [4.78, 5) is 0. The SMILES string of the molecule is CCC[Si]1(C2c3[c-]cccc3-c3ccccc32)CCC1.CCC[Si]1(C2c3[c-]cccc3-c3ccccc32)CCC1.[Cl-].[Cl-].[Hf+4]. The fourth-order valence-electron chi connectivity index (χ4n) is 9.04. The van der Waals surface area contributed by atoms with E-state index < -0.39 is 16.1 Å². The molecule has 0 aromatic heterocycles. The van der Waals surface area contributed by atoms with Crippen molar-refractivity contribution in [1.82, 2.24) is 0 Å². The molecule has 4 aromatic carbocycles. The molecule has 4 aliphatic rings. The zero-order valence-electron chi connectivity index (χ0n) is 25.6. The third kappa shape index (κ3) is 5.80. The smallest absolute Gasteiger partial charge is 1.00 e. The van der Waals surface area contributed by atoms with Gasteiger partial charge in [-0.1, -0.05) is 135 Å². The average Bonchev–Trinajstić information content (AvgIpc) is 3.47. The molecule has 0 N–H and O–H groups in total. The Hall–Kier alpha value is -1.24. The summed E-state index contributed by atoms with van der Waals surface area (Å²) in [5.74, 6) is 0. The summed E-state index contributed by atoms with van der Waals surface area (Å²) in [6.07, 6.45) is 5.64. The molecule has 2 atom stereocenters. The third-order valence-corrected chi connectivity index (χ3v) is 22.9. The summed E-state index contributed by atoms with van der Waals surface area (Å²) in [5, 5.41) is 0. The Morgan fingerprint density at radius 2 is 0.930 bits per heavy atom. The van der Waals surface area contributed by atoms with Crippen LogP contribution in [-0.4, -0.2) is 16.1 Å². The molecule has 0 saturated carbocycles. The zero-order valence-corrected chi connectivity index (χ0v) is 32.7. The van der Waals surface area contributed by atoms with E-state index >= 15 is 0 Å². The van der Waals surface area contributed by atoms with Gasteiger partial charge in [-0.3, -0.25) is 0 Å². The molecule has 2 fully saturated rings.